The molecule has 2 aromatic carbocycles. The van der Waals surface area contributed by atoms with E-state index in [1.165, 1.54) is 0 Å². The van der Waals surface area contributed by atoms with Gasteiger partial charge in [0, 0.05) is 6.07 Å². The van der Waals surface area contributed by atoms with Crippen molar-refractivity contribution in [3.05, 3.63) is 53.3 Å². The molecule has 27 heavy (non-hydrogen) atoms. The van der Waals surface area contributed by atoms with Gasteiger partial charge in [-0.15, -0.1) is 0 Å². The van der Waals surface area contributed by atoms with E-state index >= 15 is 0 Å². The zero-order chi connectivity index (χ0) is 20.4. The van der Waals surface area contributed by atoms with Crippen LogP contribution in [0.1, 0.15) is 5.56 Å². The van der Waals surface area contributed by atoms with Crippen LogP contribution in [-0.2, 0) is 6.18 Å². The van der Waals surface area contributed by atoms with E-state index < -0.39 is 52.6 Å². The van der Waals surface area contributed by atoms with Crippen molar-refractivity contribution in [2.45, 2.75) is 6.18 Å². The van der Waals surface area contributed by atoms with E-state index in [1.807, 2.05) is 0 Å². The molecule has 0 aromatic heterocycles. The third-order valence-electron chi connectivity index (χ3n) is 2.94. The maximum absolute atomic E-state index is 13.9. The lowest BCUT2D eigenvalue weighted by atomic mass is 10.2. The number of nitrogens with zero attached hydrogens (tertiary/aromatic N) is 2. The molecule has 0 aliphatic heterocycles. The predicted octanol–water partition coefficient (Wildman–Crippen LogP) is 3.13. The third-order valence-corrected chi connectivity index (χ3v) is 2.94. The summed E-state index contributed by atoms with van der Waals surface area (Å²) in [5.74, 6) is -6.85. The Labute approximate surface area is 148 Å². The van der Waals surface area contributed by atoms with E-state index in [4.69, 9.17) is 21.9 Å². The Morgan fingerprint density at radius 1 is 0.926 bits per heavy atom. The average Bonchev–Trinajstić information content (AvgIpc) is 2.51. The molecule has 2 aromatic rings. The Kier molecular flexibility index (Phi) is 5.47. The van der Waals surface area contributed by atoms with Crippen LogP contribution >= 0.6 is 0 Å². The van der Waals surface area contributed by atoms with Crippen molar-refractivity contribution in [2.75, 3.05) is 0 Å². The molecule has 0 aliphatic rings. The molecular weight excluding hydrogens is 380 g/mol. The molecule has 0 bridgehead atoms. The molecule has 6 nitrogen and oxygen atoms in total. The van der Waals surface area contributed by atoms with E-state index in [0.717, 1.165) is 12.1 Å². The zero-order valence-electron chi connectivity index (χ0n) is 13.2. The summed E-state index contributed by atoms with van der Waals surface area (Å²) in [6.07, 6.45) is -4.97. The van der Waals surface area contributed by atoms with Crippen molar-refractivity contribution >= 4 is 17.6 Å². The second-order valence-electron chi connectivity index (χ2n) is 4.99. The summed E-state index contributed by atoms with van der Waals surface area (Å²) in [5.41, 5.74) is 13.8. The van der Waals surface area contributed by atoms with Crippen molar-refractivity contribution < 1.29 is 31.1 Å². The van der Waals surface area contributed by atoms with Crippen LogP contribution in [0.4, 0.5) is 32.0 Å². The fourth-order valence-corrected chi connectivity index (χ4v) is 1.87. The van der Waals surface area contributed by atoms with Gasteiger partial charge in [0.2, 0.25) is 5.96 Å². The topological polar surface area (TPSA) is 112 Å². The summed E-state index contributed by atoms with van der Waals surface area (Å²) in [6, 6.07) is 2.72. The second kappa shape index (κ2) is 7.43. The maximum Gasteiger partial charge on any atom is 0.416 e. The second-order valence-corrected chi connectivity index (χ2v) is 4.99. The number of ether oxygens (including phenoxy) is 1. The smallest absolute Gasteiger partial charge is 0.416 e. The highest BCUT2D eigenvalue weighted by Crippen LogP contribution is 2.38. The number of alkyl halides is 3. The van der Waals surface area contributed by atoms with Crippen LogP contribution in [0, 0.1) is 17.5 Å². The molecule has 0 spiro atoms. The van der Waals surface area contributed by atoms with Gasteiger partial charge in [-0.1, -0.05) is 0 Å². The van der Waals surface area contributed by atoms with Gasteiger partial charge in [-0.2, -0.15) is 18.2 Å². The minimum absolute atomic E-state index is 0.0361. The van der Waals surface area contributed by atoms with E-state index in [2.05, 4.69) is 9.98 Å². The Morgan fingerprint density at radius 2 is 1.52 bits per heavy atom. The number of aliphatic imine (C=N–C) groups is 2. The first-order chi connectivity index (χ1) is 12.5. The first kappa shape index (κ1) is 19.9. The molecule has 6 N–H and O–H groups in total. The van der Waals surface area contributed by atoms with Gasteiger partial charge in [-0.05, 0) is 24.3 Å². The first-order valence-electron chi connectivity index (χ1n) is 6.95. The number of hydrogen-bond acceptors (Lipinski definition) is 2. The van der Waals surface area contributed by atoms with Gasteiger partial charge in [-0.3, -0.25) is 0 Å². The molecule has 0 saturated carbocycles. The van der Waals surface area contributed by atoms with Crippen molar-refractivity contribution in [3.8, 4) is 11.5 Å². The van der Waals surface area contributed by atoms with Crippen molar-refractivity contribution in [1.82, 2.24) is 0 Å². The fourth-order valence-electron chi connectivity index (χ4n) is 1.87. The number of benzene rings is 2. The highest BCUT2D eigenvalue weighted by atomic mass is 19.4. The first-order valence-corrected chi connectivity index (χ1v) is 6.95. The average molecular weight is 391 g/mol. The van der Waals surface area contributed by atoms with Gasteiger partial charge in [-0.25, -0.2) is 18.2 Å². The summed E-state index contributed by atoms with van der Waals surface area (Å²) in [4.78, 5) is 7.08. The van der Waals surface area contributed by atoms with Gasteiger partial charge in [0.25, 0.3) is 0 Å². The summed E-state index contributed by atoms with van der Waals surface area (Å²) < 4.78 is 83.9. The Morgan fingerprint density at radius 3 is 2.04 bits per heavy atom. The normalized spacial score (nSPS) is 12.0. The standard InChI is InChI=1S/C15H11F6N5O/c16-7-1-2-10(25-14(24)26-13(22)23)11(5-7)27-12-8(17)3-6(4-9(12)18)15(19,20)21/h1-5H,(H6,22,23,24,25,26). The molecule has 0 saturated heterocycles. The lowest BCUT2D eigenvalue weighted by molar-refractivity contribution is -0.138. The van der Waals surface area contributed by atoms with Crippen molar-refractivity contribution in [1.29, 1.82) is 0 Å². The summed E-state index contributed by atoms with van der Waals surface area (Å²) in [5, 5.41) is 0. The van der Waals surface area contributed by atoms with E-state index in [-0.39, 0.29) is 17.8 Å². The van der Waals surface area contributed by atoms with Crippen LogP contribution in [0.2, 0.25) is 0 Å². The quantitative estimate of drug-likeness (QED) is 0.424. The monoisotopic (exact) mass is 391 g/mol. The largest absolute Gasteiger partial charge is 0.449 e. The Bertz CT molecular complexity index is 898. The molecule has 0 unspecified atom stereocenters. The van der Waals surface area contributed by atoms with Gasteiger partial charge in [0.1, 0.15) is 11.5 Å². The van der Waals surface area contributed by atoms with E-state index in [9.17, 15) is 26.3 Å². The van der Waals surface area contributed by atoms with Crippen LogP contribution in [0.25, 0.3) is 0 Å². The summed E-state index contributed by atoms with van der Waals surface area (Å²) in [7, 11) is 0. The van der Waals surface area contributed by atoms with Gasteiger partial charge in [0.05, 0.1) is 5.56 Å². The van der Waals surface area contributed by atoms with Crippen LogP contribution in [-0.4, -0.2) is 11.9 Å². The predicted molar refractivity (Wildman–Crippen MR) is 84.9 cm³/mol. The van der Waals surface area contributed by atoms with Crippen LogP contribution in [0.3, 0.4) is 0 Å². The fraction of sp³-hybridized carbons (Fsp3) is 0.0667. The number of nitrogens with two attached hydrogens (primary N) is 3. The highest BCUT2D eigenvalue weighted by Gasteiger charge is 2.33. The molecule has 2 rings (SSSR count). The Hall–Kier alpha value is -3.44. The number of halogens is 6. The molecule has 0 aliphatic carbocycles. The van der Waals surface area contributed by atoms with Gasteiger partial charge >= 0.3 is 6.18 Å². The molecule has 12 heteroatoms. The molecule has 0 radical (unpaired) electrons. The maximum atomic E-state index is 13.9. The summed E-state index contributed by atoms with van der Waals surface area (Å²) in [6.45, 7) is 0. The molecule has 0 amide bonds. The number of guanidine groups is 2. The highest BCUT2D eigenvalue weighted by molar-refractivity contribution is 5.93. The molecule has 0 atom stereocenters. The number of rotatable bonds is 3. The van der Waals surface area contributed by atoms with Crippen LogP contribution in [0.15, 0.2) is 40.3 Å². The summed E-state index contributed by atoms with van der Waals surface area (Å²) >= 11 is 0. The van der Waals surface area contributed by atoms with Crippen LogP contribution in [0.5, 0.6) is 11.5 Å². The minimum atomic E-state index is -4.97. The van der Waals surface area contributed by atoms with E-state index in [1.54, 1.807) is 0 Å². The Balaban J connectivity index is 2.49. The SMILES string of the molecule is NC(N)=NC(N)=Nc1ccc(F)cc1Oc1c(F)cc(C(F)(F)F)cc1F. The molecular formula is C15H11F6N5O. The zero-order valence-corrected chi connectivity index (χ0v) is 13.2. The molecule has 144 valence electrons. The van der Waals surface area contributed by atoms with Crippen molar-refractivity contribution in [2.24, 2.45) is 27.2 Å². The van der Waals surface area contributed by atoms with E-state index in [0.29, 0.717) is 6.07 Å². The van der Waals surface area contributed by atoms with Crippen LogP contribution < -0.4 is 21.9 Å². The lowest BCUT2D eigenvalue weighted by Gasteiger charge is -2.13. The number of hydrogen-bond donors (Lipinski definition) is 3. The van der Waals surface area contributed by atoms with Crippen molar-refractivity contribution in [3.63, 3.8) is 0 Å². The third kappa shape index (κ3) is 5.03. The van der Waals surface area contributed by atoms with Gasteiger partial charge in [0.15, 0.2) is 29.1 Å². The molecule has 0 heterocycles. The molecule has 0 fully saturated rings. The minimum Gasteiger partial charge on any atom is -0.449 e. The lowest BCUT2D eigenvalue weighted by Crippen LogP contribution is -2.26. The van der Waals surface area contributed by atoms with Gasteiger partial charge < -0.3 is 21.9 Å².